The van der Waals surface area contributed by atoms with Crippen LogP contribution in [0.5, 0.6) is 0 Å². The number of hydrogen-bond acceptors (Lipinski definition) is 5. The summed E-state index contributed by atoms with van der Waals surface area (Å²) >= 11 is 6.08. The number of likely N-dealkylation sites (tertiary alicyclic amines) is 2. The van der Waals surface area contributed by atoms with Crippen molar-refractivity contribution in [1.82, 2.24) is 14.7 Å². The summed E-state index contributed by atoms with van der Waals surface area (Å²) in [5, 5.41) is 2.70. The van der Waals surface area contributed by atoms with Crippen LogP contribution in [0, 0.1) is 11.8 Å². The summed E-state index contributed by atoms with van der Waals surface area (Å²) in [6, 6.07) is 9.59. The quantitative estimate of drug-likeness (QED) is 0.323. The van der Waals surface area contributed by atoms with Crippen LogP contribution < -0.4 is 11.1 Å². The number of nitrogens with two attached hydrogens (primary N) is 1. The molecule has 0 radical (unpaired) electrons. The van der Waals surface area contributed by atoms with E-state index in [1.165, 1.54) is 23.8 Å². The molecule has 9 nitrogen and oxygen atoms in total. The average molecular weight is 676 g/mol. The van der Waals surface area contributed by atoms with Crippen molar-refractivity contribution in [1.29, 1.82) is 0 Å². The van der Waals surface area contributed by atoms with Crippen molar-refractivity contribution in [2.45, 2.75) is 76.1 Å². The van der Waals surface area contributed by atoms with Gasteiger partial charge in [0.1, 0.15) is 0 Å². The second-order valence-corrected chi connectivity index (χ2v) is 13.7. The molecule has 254 valence electrons. The standard InChI is InChI=1S/C34H41ClF3N5O4/c35-27-19-23(18-26(30(27)39)34(36,37)38)20-29(31(44)41-12-7-22(8-13-41)17-21-5-6-21)47-33(46)42-14-10-25(11-15-42)43-16-9-24-3-1-2-4-28(24)40-32(43)45/h1-4,18-19,21-22,25,29H,5-17,20,39H2,(H,40,45)/t29-/m1/s1. The van der Waals surface area contributed by atoms with Gasteiger partial charge in [-0.2, -0.15) is 13.2 Å². The van der Waals surface area contributed by atoms with Crippen molar-refractivity contribution in [2.75, 3.05) is 43.8 Å². The molecular weight excluding hydrogens is 635 g/mol. The molecule has 3 N–H and O–H groups in total. The van der Waals surface area contributed by atoms with Gasteiger partial charge in [-0.1, -0.05) is 42.6 Å². The van der Waals surface area contributed by atoms with E-state index in [2.05, 4.69) is 5.32 Å². The van der Waals surface area contributed by atoms with Crippen LogP contribution in [0.3, 0.4) is 0 Å². The molecular formula is C34H41ClF3N5O4. The predicted molar refractivity (Wildman–Crippen MR) is 172 cm³/mol. The highest BCUT2D eigenvalue weighted by atomic mass is 35.5. The van der Waals surface area contributed by atoms with Crippen LogP contribution in [0.15, 0.2) is 36.4 Å². The van der Waals surface area contributed by atoms with Gasteiger partial charge in [-0.05, 0) is 79.7 Å². The summed E-state index contributed by atoms with van der Waals surface area (Å²) in [6.07, 6.45) is 0.0536. The van der Waals surface area contributed by atoms with E-state index < -0.39 is 35.5 Å². The molecule has 47 heavy (non-hydrogen) atoms. The predicted octanol–water partition coefficient (Wildman–Crippen LogP) is 6.58. The molecule has 4 amide bonds. The van der Waals surface area contributed by atoms with Crippen LogP contribution in [-0.4, -0.2) is 77.6 Å². The lowest BCUT2D eigenvalue weighted by Gasteiger charge is -2.38. The number of urea groups is 1. The number of hydrogen-bond donors (Lipinski definition) is 2. The van der Waals surface area contributed by atoms with E-state index in [0.29, 0.717) is 57.9 Å². The van der Waals surface area contributed by atoms with Gasteiger partial charge in [0.2, 0.25) is 0 Å². The molecule has 1 aliphatic carbocycles. The molecule has 0 spiro atoms. The number of alkyl halides is 3. The fourth-order valence-corrected chi connectivity index (χ4v) is 7.37. The van der Waals surface area contributed by atoms with Crippen molar-refractivity contribution in [3.8, 4) is 0 Å². The molecule has 2 aromatic carbocycles. The molecule has 0 bridgehead atoms. The number of halogens is 4. The maximum absolute atomic E-state index is 13.8. The molecule has 0 unspecified atom stereocenters. The largest absolute Gasteiger partial charge is 0.436 e. The Labute approximate surface area is 277 Å². The monoisotopic (exact) mass is 675 g/mol. The molecule has 2 aromatic rings. The minimum atomic E-state index is -4.75. The minimum absolute atomic E-state index is 0.0829. The number of nitrogens with one attached hydrogen (secondary N) is 1. The van der Waals surface area contributed by atoms with Gasteiger partial charge in [-0.25, -0.2) is 9.59 Å². The van der Waals surface area contributed by atoms with E-state index in [4.69, 9.17) is 22.1 Å². The van der Waals surface area contributed by atoms with Crippen molar-refractivity contribution >= 4 is 41.0 Å². The number of ether oxygens (including phenoxy) is 1. The van der Waals surface area contributed by atoms with Crippen LogP contribution >= 0.6 is 11.6 Å². The number of benzene rings is 2. The lowest BCUT2D eigenvalue weighted by Crippen LogP contribution is -2.51. The number of nitrogen functional groups attached to an aromatic ring is 1. The third-order valence-electron chi connectivity index (χ3n) is 10.0. The van der Waals surface area contributed by atoms with Gasteiger partial charge in [0.05, 0.1) is 16.3 Å². The normalized spacial score (nSPS) is 20.3. The summed E-state index contributed by atoms with van der Waals surface area (Å²) in [5.74, 6) is 0.892. The fraction of sp³-hybridized carbons (Fsp3) is 0.559. The minimum Gasteiger partial charge on any atom is -0.436 e. The van der Waals surface area contributed by atoms with Gasteiger partial charge in [0.15, 0.2) is 6.10 Å². The zero-order valence-corrected chi connectivity index (χ0v) is 27.0. The first-order valence-electron chi connectivity index (χ1n) is 16.5. The number of rotatable bonds is 7. The molecule has 1 saturated carbocycles. The van der Waals surface area contributed by atoms with Gasteiger partial charge in [-0.15, -0.1) is 0 Å². The molecule has 2 saturated heterocycles. The van der Waals surface area contributed by atoms with Crippen molar-refractivity contribution < 1.29 is 32.3 Å². The maximum Gasteiger partial charge on any atom is 0.418 e. The molecule has 3 aliphatic heterocycles. The maximum atomic E-state index is 13.8. The van der Waals surface area contributed by atoms with Gasteiger partial charge in [0, 0.05) is 50.9 Å². The number of fused-ring (bicyclic) bond motifs is 1. The number of carbonyl (C=O) groups excluding carboxylic acids is 3. The molecule has 4 aliphatic rings. The van der Waals surface area contributed by atoms with E-state index in [1.807, 2.05) is 29.2 Å². The second kappa shape index (κ2) is 13.8. The average Bonchev–Trinajstić information content (AvgIpc) is 3.88. The summed E-state index contributed by atoms with van der Waals surface area (Å²) in [4.78, 5) is 45.3. The first kappa shape index (κ1) is 33.2. The van der Waals surface area contributed by atoms with Crippen LogP contribution in [0.25, 0.3) is 0 Å². The van der Waals surface area contributed by atoms with Crippen molar-refractivity contribution in [3.05, 3.63) is 58.1 Å². The molecule has 6 rings (SSSR count). The Morgan fingerprint density at radius 1 is 0.957 bits per heavy atom. The Balaban J connectivity index is 1.12. The Morgan fingerprint density at radius 2 is 1.62 bits per heavy atom. The second-order valence-electron chi connectivity index (χ2n) is 13.3. The van der Waals surface area contributed by atoms with Crippen molar-refractivity contribution in [2.24, 2.45) is 11.8 Å². The zero-order chi connectivity index (χ0) is 33.3. The third kappa shape index (κ3) is 7.90. The van der Waals surface area contributed by atoms with E-state index in [-0.39, 0.29) is 29.1 Å². The third-order valence-corrected chi connectivity index (χ3v) is 10.3. The van der Waals surface area contributed by atoms with Gasteiger partial charge in [-0.3, -0.25) is 4.79 Å². The van der Waals surface area contributed by atoms with Crippen LogP contribution in [0.4, 0.5) is 34.1 Å². The van der Waals surface area contributed by atoms with Crippen molar-refractivity contribution in [3.63, 3.8) is 0 Å². The topological polar surface area (TPSA) is 108 Å². The summed E-state index contributed by atoms with van der Waals surface area (Å²) in [6.45, 7) is 2.18. The highest BCUT2D eigenvalue weighted by Gasteiger charge is 2.38. The highest BCUT2D eigenvalue weighted by molar-refractivity contribution is 6.33. The summed E-state index contributed by atoms with van der Waals surface area (Å²) in [5.41, 5.74) is 5.91. The number of para-hydroxylation sites is 1. The Kier molecular flexibility index (Phi) is 9.77. The van der Waals surface area contributed by atoms with E-state index in [0.717, 1.165) is 42.5 Å². The smallest absolute Gasteiger partial charge is 0.418 e. The number of piperidine rings is 2. The van der Waals surface area contributed by atoms with Crippen LogP contribution in [0.1, 0.15) is 61.6 Å². The Bertz CT molecular complexity index is 1490. The van der Waals surface area contributed by atoms with Gasteiger partial charge < -0.3 is 30.5 Å². The zero-order valence-electron chi connectivity index (χ0n) is 26.2. The molecule has 3 heterocycles. The van der Waals surface area contributed by atoms with E-state index in [9.17, 15) is 27.6 Å². The van der Waals surface area contributed by atoms with E-state index >= 15 is 0 Å². The Morgan fingerprint density at radius 3 is 2.30 bits per heavy atom. The van der Waals surface area contributed by atoms with E-state index in [1.54, 1.807) is 4.90 Å². The lowest BCUT2D eigenvalue weighted by atomic mass is 9.91. The number of carbonyl (C=O) groups is 3. The SMILES string of the molecule is Nc1c(Cl)cc(C[C@@H](OC(=O)N2CCC(N3CCc4ccccc4NC3=O)CC2)C(=O)N2CCC(CC3CC3)CC2)cc1C(F)(F)F. The van der Waals surface area contributed by atoms with Gasteiger partial charge >= 0.3 is 18.3 Å². The Hall–Kier alpha value is -3.67. The van der Waals surface area contributed by atoms with Gasteiger partial charge in [0.25, 0.3) is 5.91 Å². The molecule has 3 fully saturated rings. The number of amides is 4. The first-order valence-corrected chi connectivity index (χ1v) is 16.9. The lowest BCUT2D eigenvalue weighted by molar-refractivity contribution is -0.142. The number of nitrogens with zero attached hydrogens (tertiary/aromatic N) is 3. The first-order chi connectivity index (χ1) is 22.5. The summed E-state index contributed by atoms with van der Waals surface area (Å²) < 4.78 is 47.0. The molecule has 1 atom stereocenters. The fourth-order valence-electron chi connectivity index (χ4n) is 7.13. The van der Waals surface area contributed by atoms with Crippen LogP contribution in [0.2, 0.25) is 5.02 Å². The molecule has 13 heteroatoms. The molecule has 0 aromatic heterocycles. The van der Waals surface area contributed by atoms with Crippen LogP contribution in [-0.2, 0) is 28.5 Å². The highest BCUT2D eigenvalue weighted by Crippen LogP contribution is 2.39. The number of anilines is 2. The summed E-state index contributed by atoms with van der Waals surface area (Å²) in [7, 11) is 0.